The van der Waals surface area contributed by atoms with E-state index in [1.165, 1.54) is 9.13 Å². The highest BCUT2D eigenvalue weighted by Gasteiger charge is 2.27. The average Bonchev–Trinajstić information content (AvgIpc) is 2.79. The number of carboxylic acid groups (broad SMARTS) is 1. The topological polar surface area (TPSA) is 84.5 Å². The van der Waals surface area contributed by atoms with Gasteiger partial charge in [0.1, 0.15) is 6.54 Å². The number of hydrogen-bond acceptors (Lipinski definition) is 3. The van der Waals surface area contributed by atoms with Crippen molar-refractivity contribution in [2.75, 3.05) is 13.1 Å². The molecule has 0 bridgehead atoms. The first-order chi connectivity index (χ1) is 9.52. The molecule has 1 N–H and O–H groups in total. The van der Waals surface area contributed by atoms with E-state index in [9.17, 15) is 14.4 Å². The molecule has 0 aliphatic carbocycles. The molecule has 0 unspecified atom stereocenters. The number of amides is 1. The van der Waals surface area contributed by atoms with Gasteiger partial charge in [-0.2, -0.15) is 0 Å². The number of nitrogens with zero attached hydrogens (tertiary/aromatic N) is 3. The molecule has 2 rings (SSSR count). The molecule has 1 saturated heterocycles. The van der Waals surface area contributed by atoms with Crippen molar-refractivity contribution < 1.29 is 14.7 Å². The van der Waals surface area contributed by atoms with Crippen molar-refractivity contribution in [2.45, 2.75) is 32.9 Å². The maximum Gasteiger partial charge on any atom is 0.328 e. The SMILES string of the molecule is CCn1ccn(CC(=O)N2CCC(C(=O)O)CC2)c1=O. The average molecular weight is 281 g/mol. The predicted molar refractivity (Wildman–Crippen MR) is 71.3 cm³/mol. The fraction of sp³-hybridized carbons (Fsp3) is 0.615. The van der Waals surface area contributed by atoms with Crippen LogP contribution in [0.3, 0.4) is 0 Å². The standard InChI is InChI=1S/C13H19N3O4/c1-2-14-7-8-16(13(14)20)9-11(17)15-5-3-10(4-6-15)12(18)19/h7-8,10H,2-6,9H2,1H3,(H,18,19). The molecule has 0 radical (unpaired) electrons. The van der Waals surface area contributed by atoms with E-state index in [-0.39, 0.29) is 24.1 Å². The molecule has 0 aromatic carbocycles. The third kappa shape index (κ3) is 2.92. The Balaban J connectivity index is 1.94. The van der Waals surface area contributed by atoms with Crippen LogP contribution >= 0.6 is 0 Å². The Morgan fingerprint density at radius 2 is 1.85 bits per heavy atom. The van der Waals surface area contributed by atoms with Crippen molar-refractivity contribution in [1.82, 2.24) is 14.0 Å². The van der Waals surface area contributed by atoms with Gasteiger partial charge in [0.05, 0.1) is 5.92 Å². The van der Waals surface area contributed by atoms with Gasteiger partial charge >= 0.3 is 11.7 Å². The molecule has 7 heteroatoms. The summed E-state index contributed by atoms with van der Waals surface area (Å²) in [6.45, 7) is 3.34. The molecule has 1 aliphatic rings. The van der Waals surface area contributed by atoms with Crippen molar-refractivity contribution in [3.05, 3.63) is 22.9 Å². The lowest BCUT2D eigenvalue weighted by Crippen LogP contribution is -2.42. The normalized spacial score (nSPS) is 16.4. The quantitative estimate of drug-likeness (QED) is 0.841. The highest BCUT2D eigenvalue weighted by molar-refractivity contribution is 5.76. The second-order valence-corrected chi connectivity index (χ2v) is 4.99. The minimum atomic E-state index is -0.798. The summed E-state index contributed by atoms with van der Waals surface area (Å²) in [7, 11) is 0. The number of likely N-dealkylation sites (tertiary alicyclic amines) is 1. The van der Waals surface area contributed by atoms with Gasteiger partial charge in [0.2, 0.25) is 5.91 Å². The van der Waals surface area contributed by atoms with Gasteiger partial charge in [0.25, 0.3) is 0 Å². The lowest BCUT2D eigenvalue weighted by molar-refractivity contribution is -0.145. The summed E-state index contributed by atoms with van der Waals surface area (Å²) in [4.78, 5) is 36.4. The number of aromatic nitrogens is 2. The van der Waals surface area contributed by atoms with Gasteiger partial charge < -0.3 is 10.0 Å². The Morgan fingerprint density at radius 3 is 2.35 bits per heavy atom. The fourth-order valence-corrected chi connectivity index (χ4v) is 2.44. The molecule has 2 heterocycles. The van der Waals surface area contributed by atoms with E-state index < -0.39 is 5.97 Å². The van der Waals surface area contributed by atoms with E-state index in [0.29, 0.717) is 32.5 Å². The number of carboxylic acids is 1. The first kappa shape index (κ1) is 14.4. The first-order valence-electron chi connectivity index (χ1n) is 6.79. The van der Waals surface area contributed by atoms with Crippen LogP contribution in [0.15, 0.2) is 17.2 Å². The molecule has 1 aromatic heterocycles. The second-order valence-electron chi connectivity index (χ2n) is 4.99. The molecule has 0 atom stereocenters. The maximum absolute atomic E-state index is 12.1. The molecule has 0 spiro atoms. The van der Waals surface area contributed by atoms with Gasteiger partial charge in [0, 0.05) is 32.0 Å². The van der Waals surface area contributed by atoms with Crippen LogP contribution in [0.4, 0.5) is 0 Å². The molecule has 20 heavy (non-hydrogen) atoms. The first-order valence-corrected chi connectivity index (χ1v) is 6.79. The van der Waals surface area contributed by atoms with Crippen LogP contribution in [-0.2, 0) is 22.7 Å². The van der Waals surface area contributed by atoms with Crippen LogP contribution in [0.1, 0.15) is 19.8 Å². The molecule has 1 amide bonds. The van der Waals surface area contributed by atoms with Gasteiger partial charge in [0.15, 0.2) is 0 Å². The highest BCUT2D eigenvalue weighted by Crippen LogP contribution is 2.17. The molecular weight excluding hydrogens is 262 g/mol. The van der Waals surface area contributed by atoms with E-state index in [2.05, 4.69) is 0 Å². The minimum absolute atomic E-state index is 0.0174. The van der Waals surface area contributed by atoms with Crippen LogP contribution in [0.25, 0.3) is 0 Å². The van der Waals surface area contributed by atoms with Crippen molar-refractivity contribution >= 4 is 11.9 Å². The van der Waals surface area contributed by atoms with Crippen LogP contribution < -0.4 is 5.69 Å². The van der Waals surface area contributed by atoms with Crippen LogP contribution in [0.5, 0.6) is 0 Å². The van der Waals surface area contributed by atoms with Crippen molar-refractivity contribution in [3.63, 3.8) is 0 Å². The summed E-state index contributed by atoms with van der Waals surface area (Å²) < 4.78 is 2.92. The van der Waals surface area contributed by atoms with E-state index in [0.717, 1.165) is 0 Å². The Bertz CT molecular complexity index is 552. The smallest absolute Gasteiger partial charge is 0.328 e. The molecule has 1 aliphatic heterocycles. The lowest BCUT2D eigenvalue weighted by Gasteiger charge is -2.30. The van der Waals surface area contributed by atoms with E-state index in [1.54, 1.807) is 17.3 Å². The number of carbonyl (C=O) groups excluding carboxylic acids is 1. The number of aryl methyl sites for hydroxylation is 1. The van der Waals surface area contributed by atoms with Gasteiger partial charge in [-0.25, -0.2) is 4.79 Å². The maximum atomic E-state index is 12.1. The summed E-state index contributed by atoms with van der Waals surface area (Å²) in [6, 6.07) is 0. The summed E-state index contributed by atoms with van der Waals surface area (Å²) in [5.74, 6) is -1.29. The predicted octanol–water partition coefficient (Wildman–Crippen LogP) is -0.00710. The Hall–Kier alpha value is -2.05. The van der Waals surface area contributed by atoms with E-state index in [1.807, 2.05) is 6.92 Å². The monoisotopic (exact) mass is 281 g/mol. The molecule has 110 valence electrons. The number of piperidine rings is 1. The van der Waals surface area contributed by atoms with Crippen LogP contribution in [-0.4, -0.2) is 44.1 Å². The van der Waals surface area contributed by atoms with Gasteiger partial charge in [-0.1, -0.05) is 0 Å². The third-order valence-corrected chi connectivity index (χ3v) is 3.76. The molecular formula is C13H19N3O4. The molecule has 0 saturated carbocycles. The zero-order valence-corrected chi connectivity index (χ0v) is 11.5. The number of hydrogen-bond donors (Lipinski definition) is 1. The summed E-state index contributed by atoms with van der Waals surface area (Å²) in [5, 5.41) is 8.91. The molecule has 1 fully saturated rings. The Labute approximate surface area is 116 Å². The van der Waals surface area contributed by atoms with Crippen LogP contribution in [0, 0.1) is 5.92 Å². The number of rotatable bonds is 4. The fourth-order valence-electron chi connectivity index (χ4n) is 2.44. The third-order valence-electron chi connectivity index (χ3n) is 3.76. The summed E-state index contributed by atoms with van der Waals surface area (Å²) in [6.07, 6.45) is 4.22. The highest BCUT2D eigenvalue weighted by atomic mass is 16.4. The van der Waals surface area contributed by atoms with Crippen molar-refractivity contribution in [2.24, 2.45) is 5.92 Å². The molecule has 1 aromatic rings. The summed E-state index contributed by atoms with van der Waals surface area (Å²) >= 11 is 0. The lowest BCUT2D eigenvalue weighted by atomic mass is 9.97. The Kier molecular flexibility index (Phi) is 4.26. The number of aliphatic carboxylic acids is 1. The van der Waals surface area contributed by atoms with Gasteiger partial charge in [-0.15, -0.1) is 0 Å². The largest absolute Gasteiger partial charge is 0.481 e. The van der Waals surface area contributed by atoms with Crippen molar-refractivity contribution in [3.8, 4) is 0 Å². The van der Waals surface area contributed by atoms with Crippen LogP contribution in [0.2, 0.25) is 0 Å². The van der Waals surface area contributed by atoms with E-state index in [4.69, 9.17) is 5.11 Å². The van der Waals surface area contributed by atoms with Gasteiger partial charge in [-0.05, 0) is 19.8 Å². The molecule has 7 nitrogen and oxygen atoms in total. The summed E-state index contributed by atoms with van der Waals surface area (Å²) in [5.41, 5.74) is -0.193. The minimum Gasteiger partial charge on any atom is -0.481 e. The Morgan fingerprint density at radius 1 is 1.25 bits per heavy atom. The zero-order chi connectivity index (χ0) is 14.7. The number of imidazole rings is 1. The van der Waals surface area contributed by atoms with Gasteiger partial charge in [-0.3, -0.25) is 18.7 Å². The number of carbonyl (C=O) groups is 2. The second kappa shape index (κ2) is 5.94. The van der Waals surface area contributed by atoms with E-state index >= 15 is 0 Å². The zero-order valence-electron chi connectivity index (χ0n) is 11.5. The van der Waals surface area contributed by atoms with Crippen molar-refractivity contribution in [1.29, 1.82) is 0 Å².